The lowest BCUT2D eigenvalue weighted by Gasteiger charge is -2.09. The number of methoxy groups -OCH3 is 2. The van der Waals surface area contributed by atoms with Crippen LogP contribution in [0.3, 0.4) is 0 Å². The third-order valence-corrected chi connectivity index (χ3v) is 3.39. The Balaban J connectivity index is 2.04. The molecule has 0 fully saturated rings. The molecule has 0 bridgehead atoms. The minimum Gasteiger partial charge on any atom is -0.508 e. The van der Waals surface area contributed by atoms with E-state index in [0.29, 0.717) is 29.0 Å². The Morgan fingerprint density at radius 1 is 0.958 bits per heavy atom. The molecule has 0 heterocycles. The molecule has 6 nitrogen and oxygen atoms in total. The number of phenols is 1. The zero-order valence-corrected chi connectivity index (χ0v) is 13.4. The quantitative estimate of drug-likeness (QED) is 0.820. The van der Waals surface area contributed by atoms with Gasteiger partial charge in [0.2, 0.25) is 0 Å². The summed E-state index contributed by atoms with van der Waals surface area (Å²) in [5.41, 5.74) is 1.06. The van der Waals surface area contributed by atoms with Crippen molar-refractivity contribution in [3.05, 3.63) is 53.6 Å². The summed E-state index contributed by atoms with van der Waals surface area (Å²) in [6.45, 7) is 0. The first kappa shape index (κ1) is 17.3. The van der Waals surface area contributed by atoms with Crippen molar-refractivity contribution >= 4 is 11.9 Å². The van der Waals surface area contributed by atoms with Crippen molar-refractivity contribution in [1.82, 2.24) is 0 Å². The van der Waals surface area contributed by atoms with E-state index in [0.717, 1.165) is 0 Å². The van der Waals surface area contributed by atoms with Crippen molar-refractivity contribution in [3.8, 4) is 17.2 Å². The lowest BCUT2D eigenvalue weighted by Crippen LogP contribution is -2.02. The maximum atomic E-state index is 11.4. The van der Waals surface area contributed by atoms with Crippen molar-refractivity contribution in [1.29, 1.82) is 0 Å². The third-order valence-electron chi connectivity index (χ3n) is 3.39. The molecule has 0 atom stereocenters. The summed E-state index contributed by atoms with van der Waals surface area (Å²) in [5, 5.41) is 10.0. The normalized spacial score (nSPS) is 10.1. The van der Waals surface area contributed by atoms with Gasteiger partial charge < -0.3 is 19.3 Å². The van der Waals surface area contributed by atoms with Crippen LogP contribution >= 0.6 is 0 Å². The fraction of sp³-hybridized carbons (Fsp3) is 0.222. The molecule has 2 aromatic carbocycles. The zero-order valence-electron chi connectivity index (χ0n) is 13.4. The SMILES string of the molecule is COC(=O)CCc1ccc(Oc2ccc(C(=O)OC)cc2)cc1O. The molecule has 0 saturated carbocycles. The summed E-state index contributed by atoms with van der Waals surface area (Å²) in [6, 6.07) is 11.3. The Hall–Kier alpha value is -3.02. The topological polar surface area (TPSA) is 82.1 Å². The average Bonchev–Trinajstić information content (AvgIpc) is 2.60. The first-order valence-corrected chi connectivity index (χ1v) is 7.28. The van der Waals surface area contributed by atoms with E-state index in [1.807, 2.05) is 0 Å². The summed E-state index contributed by atoms with van der Waals surface area (Å²) >= 11 is 0. The van der Waals surface area contributed by atoms with Gasteiger partial charge in [0.25, 0.3) is 0 Å². The number of hydrogen-bond acceptors (Lipinski definition) is 6. The van der Waals surface area contributed by atoms with E-state index in [4.69, 9.17) is 4.74 Å². The molecule has 126 valence electrons. The lowest BCUT2D eigenvalue weighted by molar-refractivity contribution is -0.140. The number of esters is 2. The van der Waals surface area contributed by atoms with E-state index in [9.17, 15) is 14.7 Å². The highest BCUT2D eigenvalue weighted by atomic mass is 16.5. The average molecular weight is 330 g/mol. The molecule has 2 aromatic rings. The molecule has 0 aliphatic carbocycles. The van der Waals surface area contributed by atoms with E-state index in [2.05, 4.69) is 9.47 Å². The Morgan fingerprint density at radius 3 is 2.21 bits per heavy atom. The maximum absolute atomic E-state index is 11.4. The molecule has 0 amide bonds. The number of hydrogen-bond donors (Lipinski definition) is 1. The summed E-state index contributed by atoms with van der Waals surface area (Å²) < 4.78 is 14.8. The lowest BCUT2D eigenvalue weighted by atomic mass is 10.1. The first-order valence-electron chi connectivity index (χ1n) is 7.28. The molecule has 6 heteroatoms. The van der Waals surface area contributed by atoms with Crippen molar-refractivity contribution < 1.29 is 28.9 Å². The molecule has 0 spiro atoms. The third kappa shape index (κ3) is 4.49. The van der Waals surface area contributed by atoms with Gasteiger partial charge in [-0.1, -0.05) is 6.07 Å². The number of carbonyl (C=O) groups is 2. The molecule has 2 rings (SSSR count). The fourth-order valence-corrected chi connectivity index (χ4v) is 2.07. The molecule has 0 aromatic heterocycles. The van der Waals surface area contributed by atoms with E-state index in [1.165, 1.54) is 20.3 Å². The minimum absolute atomic E-state index is 0.0441. The molecular formula is C18H18O6. The van der Waals surface area contributed by atoms with Crippen molar-refractivity contribution in [2.24, 2.45) is 0 Å². The Morgan fingerprint density at radius 2 is 1.62 bits per heavy atom. The predicted molar refractivity (Wildman–Crippen MR) is 86.3 cm³/mol. The van der Waals surface area contributed by atoms with Gasteiger partial charge >= 0.3 is 11.9 Å². The van der Waals surface area contributed by atoms with Crippen molar-refractivity contribution in [2.75, 3.05) is 14.2 Å². The molecule has 24 heavy (non-hydrogen) atoms. The molecule has 0 aliphatic rings. The number of benzene rings is 2. The van der Waals surface area contributed by atoms with Crippen LogP contribution in [0.5, 0.6) is 17.2 Å². The van der Waals surface area contributed by atoms with Gasteiger partial charge in [-0.15, -0.1) is 0 Å². The Labute approximate surface area is 139 Å². The van der Waals surface area contributed by atoms with Gasteiger partial charge in [-0.05, 0) is 42.3 Å². The Bertz CT molecular complexity index is 721. The molecule has 0 radical (unpaired) electrons. The van der Waals surface area contributed by atoms with Gasteiger partial charge in [-0.25, -0.2) is 4.79 Å². The molecule has 0 unspecified atom stereocenters. The largest absolute Gasteiger partial charge is 0.508 e. The zero-order chi connectivity index (χ0) is 17.5. The van der Waals surface area contributed by atoms with Gasteiger partial charge in [0, 0.05) is 12.5 Å². The van der Waals surface area contributed by atoms with Crippen LogP contribution < -0.4 is 4.74 Å². The predicted octanol–water partition coefficient (Wildman–Crippen LogP) is 3.08. The van der Waals surface area contributed by atoms with E-state index < -0.39 is 5.97 Å². The Kier molecular flexibility index (Phi) is 5.78. The monoisotopic (exact) mass is 330 g/mol. The summed E-state index contributed by atoms with van der Waals surface area (Å²) in [7, 11) is 2.64. The van der Waals surface area contributed by atoms with E-state index in [1.54, 1.807) is 36.4 Å². The van der Waals surface area contributed by atoms with Gasteiger partial charge in [0.1, 0.15) is 17.2 Å². The van der Waals surface area contributed by atoms with Crippen LogP contribution in [0.15, 0.2) is 42.5 Å². The van der Waals surface area contributed by atoms with Crippen LogP contribution in [0, 0.1) is 0 Å². The van der Waals surface area contributed by atoms with Gasteiger partial charge in [-0.3, -0.25) is 4.79 Å². The number of rotatable bonds is 6. The second-order valence-electron chi connectivity index (χ2n) is 4.98. The standard InChI is InChI=1S/C18H18O6/c1-22-17(20)10-6-12-3-9-15(11-16(12)19)24-14-7-4-13(5-8-14)18(21)23-2/h3-5,7-9,11,19H,6,10H2,1-2H3. The van der Waals surface area contributed by atoms with Gasteiger partial charge in [0.15, 0.2) is 0 Å². The highest BCUT2D eigenvalue weighted by Gasteiger charge is 2.09. The smallest absolute Gasteiger partial charge is 0.337 e. The van der Waals surface area contributed by atoms with Gasteiger partial charge in [-0.2, -0.15) is 0 Å². The van der Waals surface area contributed by atoms with Crippen LogP contribution in [-0.2, 0) is 20.7 Å². The fourth-order valence-electron chi connectivity index (χ4n) is 2.07. The number of phenolic OH excluding ortho intramolecular Hbond substituents is 1. The van der Waals surface area contributed by atoms with Gasteiger partial charge in [0.05, 0.1) is 19.8 Å². The maximum Gasteiger partial charge on any atom is 0.337 e. The molecule has 0 saturated heterocycles. The summed E-state index contributed by atoms with van der Waals surface area (Å²) in [5.74, 6) is 0.252. The van der Waals surface area contributed by atoms with E-state index in [-0.39, 0.29) is 18.1 Å². The highest BCUT2D eigenvalue weighted by Crippen LogP contribution is 2.28. The first-order chi connectivity index (χ1) is 11.5. The molecular weight excluding hydrogens is 312 g/mol. The molecule has 1 N–H and O–H groups in total. The number of ether oxygens (including phenoxy) is 3. The molecule has 0 aliphatic heterocycles. The van der Waals surface area contributed by atoms with Crippen LogP contribution in [-0.4, -0.2) is 31.3 Å². The van der Waals surface area contributed by atoms with Crippen LogP contribution in [0.25, 0.3) is 0 Å². The van der Waals surface area contributed by atoms with Crippen molar-refractivity contribution in [2.45, 2.75) is 12.8 Å². The van der Waals surface area contributed by atoms with Crippen molar-refractivity contribution in [3.63, 3.8) is 0 Å². The van der Waals surface area contributed by atoms with Crippen LogP contribution in [0.1, 0.15) is 22.3 Å². The summed E-state index contributed by atoms with van der Waals surface area (Å²) in [6.07, 6.45) is 0.575. The highest BCUT2D eigenvalue weighted by molar-refractivity contribution is 5.89. The minimum atomic E-state index is -0.422. The van der Waals surface area contributed by atoms with E-state index >= 15 is 0 Å². The second-order valence-corrected chi connectivity index (χ2v) is 4.98. The number of carbonyl (C=O) groups excluding carboxylic acids is 2. The number of aryl methyl sites for hydroxylation is 1. The van der Waals surface area contributed by atoms with Crippen LogP contribution in [0.2, 0.25) is 0 Å². The number of aromatic hydroxyl groups is 1. The van der Waals surface area contributed by atoms with Crippen LogP contribution in [0.4, 0.5) is 0 Å². The second kappa shape index (κ2) is 8.01. The summed E-state index contributed by atoms with van der Waals surface area (Å²) in [4.78, 5) is 22.5.